The molecule has 5 rings (SSSR count). The molecule has 0 bridgehead atoms. The van der Waals surface area contributed by atoms with Crippen LogP contribution in [-0.4, -0.2) is 47.6 Å². The zero-order valence-corrected chi connectivity index (χ0v) is 27.0. The number of hydroxylamine groups is 1. The first-order chi connectivity index (χ1) is 23.2. The Morgan fingerprint density at radius 2 is 1.85 bits per heavy atom. The Morgan fingerprint density at radius 3 is 2.50 bits per heavy atom. The molecule has 3 heterocycles. The molecule has 1 atom stereocenters. The highest BCUT2D eigenvalue weighted by atomic mass is 16.5. The molecule has 244 valence electrons. The van der Waals surface area contributed by atoms with Crippen LogP contribution in [0.3, 0.4) is 0 Å². The van der Waals surface area contributed by atoms with Crippen LogP contribution in [0.15, 0.2) is 77.4 Å². The summed E-state index contributed by atoms with van der Waals surface area (Å²) in [4.78, 5) is 50.2. The zero-order valence-electron chi connectivity index (χ0n) is 27.0. The van der Waals surface area contributed by atoms with Gasteiger partial charge in [0, 0.05) is 32.4 Å². The third-order valence-corrected chi connectivity index (χ3v) is 7.86. The minimum Gasteiger partial charge on any atom is -0.368 e. The molecule has 0 fully saturated rings. The molecule has 3 aromatic heterocycles. The SMILES string of the molecule is C/C=C(\C)Cc1nc(N)nc(N[C@@H](CC)c2nc3cccc(CN(C)c4ncc(C(=O)NO)cn4)c3c(=O)n2-c2ccccc2)c1C#N. The second-order valence-electron chi connectivity index (χ2n) is 11.1. The number of anilines is 3. The van der Waals surface area contributed by atoms with Crippen LogP contribution in [0.2, 0.25) is 0 Å². The Bertz CT molecular complexity index is 2090. The van der Waals surface area contributed by atoms with Crippen molar-refractivity contribution >= 4 is 34.5 Å². The van der Waals surface area contributed by atoms with E-state index in [2.05, 4.69) is 31.3 Å². The first-order valence-corrected chi connectivity index (χ1v) is 15.2. The van der Waals surface area contributed by atoms with Crippen molar-refractivity contribution in [3.63, 3.8) is 0 Å². The summed E-state index contributed by atoms with van der Waals surface area (Å²) in [5, 5.41) is 22.8. The van der Waals surface area contributed by atoms with Crippen molar-refractivity contribution in [2.75, 3.05) is 23.0 Å². The third kappa shape index (κ3) is 6.81. The number of nitrogen functional groups attached to an aromatic ring is 1. The maximum absolute atomic E-state index is 14.6. The number of nitriles is 1. The van der Waals surface area contributed by atoms with Crippen LogP contribution >= 0.6 is 0 Å². The number of carbonyl (C=O) groups is 1. The van der Waals surface area contributed by atoms with E-state index in [0.717, 1.165) is 5.57 Å². The van der Waals surface area contributed by atoms with Gasteiger partial charge in [-0.3, -0.25) is 19.4 Å². The third-order valence-electron chi connectivity index (χ3n) is 7.86. The highest BCUT2D eigenvalue weighted by Gasteiger charge is 2.24. The van der Waals surface area contributed by atoms with Crippen LogP contribution < -0.4 is 27.0 Å². The fraction of sp³-hybridized carbons (Fsp3) is 0.235. The molecule has 48 heavy (non-hydrogen) atoms. The highest BCUT2D eigenvalue weighted by Crippen LogP contribution is 2.28. The molecule has 1 amide bonds. The van der Waals surface area contributed by atoms with Gasteiger partial charge in [-0.2, -0.15) is 10.2 Å². The molecule has 0 saturated heterocycles. The molecule has 0 aliphatic heterocycles. The minimum absolute atomic E-state index is 0.0289. The lowest BCUT2D eigenvalue weighted by atomic mass is 10.1. The second kappa shape index (κ2) is 14.5. The van der Waals surface area contributed by atoms with E-state index in [1.54, 1.807) is 28.1 Å². The van der Waals surface area contributed by atoms with Gasteiger partial charge >= 0.3 is 0 Å². The van der Waals surface area contributed by atoms with Gasteiger partial charge in [-0.15, -0.1) is 0 Å². The van der Waals surface area contributed by atoms with Crippen molar-refractivity contribution in [1.29, 1.82) is 5.26 Å². The van der Waals surface area contributed by atoms with E-state index < -0.39 is 11.9 Å². The van der Waals surface area contributed by atoms with Gasteiger partial charge in [0.25, 0.3) is 11.5 Å². The number of nitrogens with one attached hydrogen (secondary N) is 2. The molecule has 0 aliphatic carbocycles. The average Bonchev–Trinajstić information content (AvgIpc) is 3.10. The van der Waals surface area contributed by atoms with Crippen LogP contribution in [0.25, 0.3) is 16.6 Å². The Morgan fingerprint density at radius 1 is 1.12 bits per heavy atom. The van der Waals surface area contributed by atoms with Crippen molar-refractivity contribution in [1.82, 2.24) is 35.0 Å². The van der Waals surface area contributed by atoms with Crippen LogP contribution in [0.5, 0.6) is 0 Å². The molecule has 14 nitrogen and oxygen atoms in total. The molecule has 0 aliphatic rings. The van der Waals surface area contributed by atoms with Crippen LogP contribution in [-0.2, 0) is 13.0 Å². The van der Waals surface area contributed by atoms with Crippen LogP contribution in [0, 0.1) is 11.3 Å². The van der Waals surface area contributed by atoms with E-state index in [-0.39, 0.29) is 35.0 Å². The van der Waals surface area contributed by atoms with Gasteiger partial charge in [0.1, 0.15) is 17.5 Å². The van der Waals surface area contributed by atoms with E-state index >= 15 is 0 Å². The molecule has 2 aromatic carbocycles. The summed E-state index contributed by atoms with van der Waals surface area (Å²) < 4.78 is 1.58. The van der Waals surface area contributed by atoms with Crippen LogP contribution in [0.4, 0.5) is 17.7 Å². The lowest BCUT2D eigenvalue weighted by Crippen LogP contribution is -2.30. The number of hydrogen-bond donors (Lipinski definition) is 4. The summed E-state index contributed by atoms with van der Waals surface area (Å²) >= 11 is 0. The predicted octanol–water partition coefficient (Wildman–Crippen LogP) is 4.25. The summed E-state index contributed by atoms with van der Waals surface area (Å²) in [6.07, 6.45) is 5.48. The van der Waals surface area contributed by atoms with Crippen molar-refractivity contribution in [3.05, 3.63) is 111 Å². The summed E-state index contributed by atoms with van der Waals surface area (Å²) in [7, 11) is 1.76. The van der Waals surface area contributed by atoms with Gasteiger partial charge in [0.2, 0.25) is 11.9 Å². The standard InChI is InChI=1S/C34H35N11O3/c1-5-20(3)15-27-24(16-35)29(42-33(36)41-27)39-25(6-2)30-40-26-14-10-11-21(28(26)32(47)45(30)23-12-8-7-9-13-23)19-44(4)34-37-17-22(18-38-34)31(46)43-48/h5,7-14,17-18,25,48H,6,15,19H2,1-4H3,(H,43,46)(H3,36,39,41,42)/b20-5+/t25-/m0/s1. The van der Waals surface area contributed by atoms with Crippen molar-refractivity contribution in [3.8, 4) is 11.8 Å². The van der Waals surface area contributed by atoms with Crippen molar-refractivity contribution < 1.29 is 10.0 Å². The fourth-order valence-corrected chi connectivity index (χ4v) is 5.29. The molecule has 0 saturated carbocycles. The molecule has 0 radical (unpaired) electrons. The Balaban J connectivity index is 1.62. The monoisotopic (exact) mass is 645 g/mol. The predicted molar refractivity (Wildman–Crippen MR) is 182 cm³/mol. The maximum atomic E-state index is 14.6. The van der Waals surface area contributed by atoms with Crippen molar-refractivity contribution in [2.45, 2.75) is 46.2 Å². The quantitative estimate of drug-likeness (QED) is 0.0905. The summed E-state index contributed by atoms with van der Waals surface area (Å²) in [5.74, 6) is 0.313. The van der Waals surface area contributed by atoms with Crippen molar-refractivity contribution in [2.24, 2.45) is 0 Å². The average molecular weight is 646 g/mol. The molecule has 5 aromatic rings. The summed E-state index contributed by atoms with van der Waals surface area (Å²) in [5.41, 5.74) is 11.1. The topological polar surface area (TPSA) is 201 Å². The first-order valence-electron chi connectivity index (χ1n) is 15.2. The lowest BCUT2D eigenvalue weighted by molar-refractivity contribution is 0.0705. The van der Waals surface area contributed by atoms with E-state index in [4.69, 9.17) is 15.9 Å². The Kier molecular flexibility index (Phi) is 10.0. The first kappa shape index (κ1) is 33.2. The molecular weight excluding hydrogens is 610 g/mol. The lowest BCUT2D eigenvalue weighted by Gasteiger charge is -2.24. The highest BCUT2D eigenvalue weighted by molar-refractivity contribution is 5.92. The van der Waals surface area contributed by atoms with Gasteiger partial charge in [0.05, 0.1) is 33.9 Å². The van der Waals surface area contributed by atoms with Gasteiger partial charge in [0.15, 0.2) is 5.82 Å². The minimum atomic E-state index is -0.724. The van der Waals surface area contributed by atoms with E-state index in [0.29, 0.717) is 52.5 Å². The number of nitrogens with two attached hydrogens (primary N) is 1. The molecule has 14 heteroatoms. The number of allylic oxidation sites excluding steroid dienone is 2. The normalized spacial score (nSPS) is 12.0. The Hall–Kier alpha value is -6.20. The van der Waals surface area contributed by atoms with E-state index in [9.17, 15) is 14.9 Å². The summed E-state index contributed by atoms with van der Waals surface area (Å²) in [6, 6.07) is 16.4. The van der Waals surface area contributed by atoms with Gasteiger partial charge < -0.3 is 16.0 Å². The molecule has 0 spiro atoms. The number of nitrogens with zero attached hydrogens (tertiary/aromatic N) is 8. The largest absolute Gasteiger partial charge is 0.368 e. The number of amides is 1. The second-order valence-corrected chi connectivity index (χ2v) is 11.1. The number of hydrogen-bond acceptors (Lipinski definition) is 12. The fourth-order valence-electron chi connectivity index (χ4n) is 5.29. The van der Waals surface area contributed by atoms with E-state index in [1.165, 1.54) is 12.4 Å². The van der Waals surface area contributed by atoms with E-state index in [1.807, 2.05) is 69.3 Å². The number of para-hydroxylation sites is 1. The smallest absolute Gasteiger partial charge is 0.277 e. The molecular formula is C34H35N11O3. The number of benzene rings is 2. The van der Waals surface area contributed by atoms with Gasteiger partial charge in [-0.1, -0.05) is 48.9 Å². The number of carbonyl (C=O) groups excluding carboxylic acids is 1. The Labute approximate surface area is 276 Å². The molecule has 0 unspecified atom stereocenters. The maximum Gasteiger partial charge on any atom is 0.277 e. The zero-order chi connectivity index (χ0) is 34.4. The molecule has 5 N–H and O–H groups in total. The number of rotatable bonds is 11. The van der Waals surface area contributed by atoms with Gasteiger partial charge in [-0.25, -0.2) is 25.4 Å². The number of aromatic nitrogens is 6. The van der Waals surface area contributed by atoms with Gasteiger partial charge in [-0.05, 0) is 44.0 Å². The van der Waals surface area contributed by atoms with Crippen LogP contribution in [0.1, 0.15) is 66.2 Å². The number of fused-ring (bicyclic) bond motifs is 1. The summed E-state index contributed by atoms with van der Waals surface area (Å²) in [6.45, 7) is 6.07.